The van der Waals surface area contributed by atoms with E-state index in [-0.39, 0.29) is 17.1 Å². The summed E-state index contributed by atoms with van der Waals surface area (Å²) in [5.74, 6) is -0.651. The minimum atomic E-state index is -3.93. The van der Waals surface area contributed by atoms with Gasteiger partial charge in [0.05, 0.1) is 23.0 Å². The number of anilines is 1. The normalized spacial score (nSPS) is 11.3. The quantitative estimate of drug-likeness (QED) is 0.867. The lowest BCUT2D eigenvalue weighted by Crippen LogP contribution is -2.16. The third-order valence-corrected chi connectivity index (χ3v) is 3.81. The lowest BCUT2D eigenvalue weighted by Gasteiger charge is -2.10. The smallest absolute Gasteiger partial charge is 0.262 e. The molecule has 0 aliphatic heterocycles. The van der Waals surface area contributed by atoms with E-state index in [0.717, 1.165) is 12.1 Å². The summed E-state index contributed by atoms with van der Waals surface area (Å²) in [6.45, 7) is -0.0121. The van der Waals surface area contributed by atoms with Gasteiger partial charge in [0.2, 0.25) is 0 Å². The molecule has 0 atom stereocenters. The second kappa shape index (κ2) is 5.29. The van der Waals surface area contributed by atoms with Crippen molar-refractivity contribution in [3.63, 3.8) is 0 Å². The van der Waals surface area contributed by atoms with Crippen molar-refractivity contribution in [1.29, 1.82) is 0 Å². The fraction of sp³-hybridized carbons (Fsp3) is 0.0909. The number of halogens is 1. The topological polar surface area (TPSA) is 98.0 Å². The van der Waals surface area contributed by atoms with Crippen molar-refractivity contribution in [2.45, 2.75) is 11.4 Å². The van der Waals surface area contributed by atoms with Gasteiger partial charge >= 0.3 is 0 Å². The Morgan fingerprint density at radius 2 is 1.95 bits per heavy atom. The van der Waals surface area contributed by atoms with Gasteiger partial charge in [-0.25, -0.2) is 22.8 Å². The van der Waals surface area contributed by atoms with Crippen LogP contribution < -0.4 is 10.5 Å². The predicted molar refractivity (Wildman–Crippen MR) is 67.1 cm³/mol. The maximum atomic E-state index is 13.2. The first-order chi connectivity index (χ1) is 9.03. The van der Waals surface area contributed by atoms with Gasteiger partial charge in [0, 0.05) is 6.54 Å². The van der Waals surface area contributed by atoms with Crippen molar-refractivity contribution >= 4 is 15.7 Å². The van der Waals surface area contributed by atoms with Crippen LogP contribution in [0.3, 0.4) is 0 Å². The van der Waals surface area contributed by atoms with Crippen LogP contribution in [0.1, 0.15) is 5.56 Å². The molecule has 19 heavy (non-hydrogen) atoms. The zero-order valence-corrected chi connectivity index (χ0v) is 10.6. The van der Waals surface area contributed by atoms with E-state index in [0.29, 0.717) is 5.56 Å². The van der Waals surface area contributed by atoms with E-state index in [1.165, 1.54) is 24.8 Å². The molecule has 1 heterocycles. The molecule has 0 aliphatic carbocycles. The van der Waals surface area contributed by atoms with Gasteiger partial charge in [0.15, 0.2) is 0 Å². The Labute approximate surface area is 109 Å². The van der Waals surface area contributed by atoms with Gasteiger partial charge in [-0.3, -0.25) is 4.72 Å². The van der Waals surface area contributed by atoms with E-state index in [1.54, 1.807) is 0 Å². The Balaban J connectivity index is 2.42. The molecule has 2 aromatic rings. The molecule has 100 valence electrons. The molecule has 0 radical (unpaired) electrons. The van der Waals surface area contributed by atoms with Crippen LogP contribution in [-0.4, -0.2) is 18.4 Å². The zero-order chi connectivity index (χ0) is 13.9. The van der Waals surface area contributed by atoms with Crippen LogP contribution in [0.25, 0.3) is 0 Å². The molecular formula is C11H11FN4O2S. The van der Waals surface area contributed by atoms with Crippen LogP contribution in [0, 0.1) is 5.82 Å². The van der Waals surface area contributed by atoms with Crippen molar-refractivity contribution in [3.05, 3.63) is 48.3 Å². The molecule has 1 aromatic carbocycles. The number of nitrogens with zero attached hydrogens (tertiary/aromatic N) is 2. The number of sulfonamides is 1. The number of benzene rings is 1. The lowest BCUT2D eigenvalue weighted by atomic mass is 10.2. The third kappa shape index (κ3) is 3.04. The predicted octanol–water partition coefficient (Wildman–Crippen LogP) is 0.875. The summed E-state index contributed by atoms with van der Waals surface area (Å²) < 4.78 is 39.7. The number of aromatic nitrogens is 2. The number of hydrogen-bond donors (Lipinski definition) is 2. The Morgan fingerprint density at radius 1 is 1.26 bits per heavy atom. The first-order valence-electron chi connectivity index (χ1n) is 5.29. The number of nitrogens with one attached hydrogen (secondary N) is 1. The van der Waals surface area contributed by atoms with Crippen LogP contribution in [0.15, 0.2) is 41.8 Å². The Kier molecular flexibility index (Phi) is 3.72. The van der Waals surface area contributed by atoms with E-state index >= 15 is 0 Å². The van der Waals surface area contributed by atoms with Crippen LogP contribution in [0.5, 0.6) is 0 Å². The Morgan fingerprint density at radius 3 is 2.58 bits per heavy atom. The highest BCUT2D eigenvalue weighted by atomic mass is 32.2. The highest BCUT2D eigenvalue weighted by Gasteiger charge is 2.19. The van der Waals surface area contributed by atoms with Crippen LogP contribution in [0.4, 0.5) is 10.1 Å². The van der Waals surface area contributed by atoms with E-state index in [9.17, 15) is 12.8 Å². The summed E-state index contributed by atoms with van der Waals surface area (Å²) in [5.41, 5.74) is 5.97. The molecule has 0 bridgehead atoms. The average Bonchev–Trinajstić information content (AvgIpc) is 2.39. The van der Waals surface area contributed by atoms with Crippen molar-refractivity contribution in [2.24, 2.45) is 5.73 Å². The van der Waals surface area contributed by atoms with Crippen molar-refractivity contribution in [2.75, 3.05) is 4.72 Å². The molecular weight excluding hydrogens is 271 g/mol. The van der Waals surface area contributed by atoms with Gasteiger partial charge in [-0.1, -0.05) is 6.07 Å². The summed E-state index contributed by atoms with van der Waals surface area (Å²) in [4.78, 5) is 7.18. The summed E-state index contributed by atoms with van der Waals surface area (Å²) in [7, 11) is -3.93. The molecule has 2 rings (SSSR count). The fourth-order valence-electron chi connectivity index (χ4n) is 1.51. The highest BCUT2D eigenvalue weighted by molar-refractivity contribution is 7.92. The molecule has 0 saturated heterocycles. The average molecular weight is 282 g/mol. The molecule has 0 spiro atoms. The monoisotopic (exact) mass is 282 g/mol. The molecule has 0 fully saturated rings. The fourth-order valence-corrected chi connectivity index (χ4v) is 2.80. The second-order valence-electron chi connectivity index (χ2n) is 3.69. The lowest BCUT2D eigenvalue weighted by molar-refractivity contribution is 0.593. The minimum absolute atomic E-state index is 0.0121. The number of nitrogens with two attached hydrogens (primary N) is 1. The van der Waals surface area contributed by atoms with Crippen molar-refractivity contribution in [3.8, 4) is 0 Å². The third-order valence-electron chi connectivity index (χ3n) is 2.35. The Bertz CT molecular complexity index is 676. The SMILES string of the molecule is NCc1ccc(F)cc1S(=O)(=O)Nc1cncnc1. The molecule has 0 unspecified atom stereocenters. The van der Waals surface area contributed by atoms with E-state index in [4.69, 9.17) is 5.73 Å². The molecule has 0 amide bonds. The summed E-state index contributed by atoms with van der Waals surface area (Å²) in [6, 6.07) is 3.42. The highest BCUT2D eigenvalue weighted by Crippen LogP contribution is 2.19. The van der Waals surface area contributed by atoms with Gasteiger partial charge in [-0.2, -0.15) is 0 Å². The van der Waals surface area contributed by atoms with Crippen LogP contribution in [-0.2, 0) is 16.6 Å². The summed E-state index contributed by atoms with van der Waals surface area (Å²) >= 11 is 0. The van der Waals surface area contributed by atoms with Crippen molar-refractivity contribution < 1.29 is 12.8 Å². The minimum Gasteiger partial charge on any atom is -0.326 e. The van der Waals surface area contributed by atoms with E-state index < -0.39 is 15.8 Å². The first kappa shape index (κ1) is 13.4. The van der Waals surface area contributed by atoms with Crippen molar-refractivity contribution in [1.82, 2.24) is 9.97 Å². The van der Waals surface area contributed by atoms with Gasteiger partial charge < -0.3 is 5.73 Å². The number of hydrogen-bond acceptors (Lipinski definition) is 5. The summed E-state index contributed by atoms with van der Waals surface area (Å²) in [5, 5.41) is 0. The van der Waals surface area contributed by atoms with Gasteiger partial charge in [-0.05, 0) is 17.7 Å². The number of rotatable bonds is 4. The molecule has 8 heteroatoms. The van der Waals surface area contributed by atoms with Gasteiger partial charge in [-0.15, -0.1) is 0 Å². The van der Waals surface area contributed by atoms with Gasteiger partial charge in [0.1, 0.15) is 12.1 Å². The second-order valence-corrected chi connectivity index (χ2v) is 5.34. The van der Waals surface area contributed by atoms with Crippen LogP contribution in [0.2, 0.25) is 0 Å². The standard InChI is InChI=1S/C11H11FN4O2S/c12-9-2-1-8(4-13)11(3-9)19(17,18)16-10-5-14-7-15-6-10/h1-3,5-7,16H,4,13H2. The summed E-state index contributed by atoms with van der Waals surface area (Å²) in [6.07, 6.45) is 3.86. The Hall–Kier alpha value is -2.06. The molecule has 6 nitrogen and oxygen atoms in total. The largest absolute Gasteiger partial charge is 0.326 e. The van der Waals surface area contributed by atoms with Crippen LogP contribution >= 0.6 is 0 Å². The van der Waals surface area contributed by atoms with E-state index in [1.807, 2.05) is 0 Å². The van der Waals surface area contributed by atoms with Gasteiger partial charge in [0.25, 0.3) is 10.0 Å². The molecule has 1 aromatic heterocycles. The zero-order valence-electron chi connectivity index (χ0n) is 9.75. The molecule has 0 saturated carbocycles. The molecule has 0 aliphatic rings. The maximum absolute atomic E-state index is 13.2. The molecule has 3 N–H and O–H groups in total. The van der Waals surface area contributed by atoms with E-state index in [2.05, 4.69) is 14.7 Å². The first-order valence-corrected chi connectivity index (χ1v) is 6.77. The maximum Gasteiger partial charge on any atom is 0.262 e.